The number of para-hydroxylation sites is 1. The standard InChI is InChI=1S/C16H19BrN2O/c1-2-12(9-10-17)11-18-16(20)15-8-7-13-5-3-4-6-14(13)19-15/h3-8,12H,2,9-11H2,1H3,(H,18,20). The highest BCUT2D eigenvalue weighted by Gasteiger charge is 2.11. The third-order valence-corrected chi connectivity index (χ3v) is 3.93. The first kappa shape index (κ1) is 15.0. The fourth-order valence-electron chi connectivity index (χ4n) is 2.12. The molecule has 0 fully saturated rings. The zero-order valence-electron chi connectivity index (χ0n) is 11.6. The van der Waals surface area contributed by atoms with E-state index in [2.05, 4.69) is 33.2 Å². The lowest BCUT2D eigenvalue weighted by Gasteiger charge is -2.14. The second kappa shape index (κ2) is 7.39. The number of benzene rings is 1. The maximum absolute atomic E-state index is 12.1. The number of hydrogen-bond donors (Lipinski definition) is 1. The van der Waals surface area contributed by atoms with Gasteiger partial charge in [0.2, 0.25) is 0 Å². The van der Waals surface area contributed by atoms with E-state index < -0.39 is 0 Å². The zero-order chi connectivity index (χ0) is 14.4. The highest BCUT2D eigenvalue weighted by atomic mass is 79.9. The molecule has 2 aromatic rings. The van der Waals surface area contributed by atoms with Gasteiger partial charge in [-0.25, -0.2) is 4.98 Å². The number of alkyl halides is 1. The molecule has 4 heteroatoms. The van der Waals surface area contributed by atoms with Crippen LogP contribution in [-0.2, 0) is 0 Å². The number of nitrogens with zero attached hydrogens (tertiary/aromatic N) is 1. The van der Waals surface area contributed by atoms with Gasteiger partial charge >= 0.3 is 0 Å². The molecule has 1 atom stereocenters. The Kier molecular flexibility index (Phi) is 5.53. The predicted molar refractivity (Wildman–Crippen MR) is 86.3 cm³/mol. The number of carbonyl (C=O) groups is 1. The van der Waals surface area contributed by atoms with Gasteiger partial charge in [0.05, 0.1) is 5.52 Å². The van der Waals surface area contributed by atoms with Crippen LogP contribution in [0.5, 0.6) is 0 Å². The molecule has 1 N–H and O–H groups in total. The van der Waals surface area contributed by atoms with E-state index in [1.54, 1.807) is 6.07 Å². The average molecular weight is 335 g/mol. The molecule has 1 heterocycles. The summed E-state index contributed by atoms with van der Waals surface area (Å²) in [6.45, 7) is 2.85. The minimum atomic E-state index is -0.0937. The summed E-state index contributed by atoms with van der Waals surface area (Å²) in [6, 6.07) is 11.5. The molecule has 1 amide bonds. The minimum Gasteiger partial charge on any atom is -0.350 e. The molecule has 0 saturated heterocycles. The summed E-state index contributed by atoms with van der Waals surface area (Å²) in [4.78, 5) is 16.5. The summed E-state index contributed by atoms with van der Waals surface area (Å²) in [6.07, 6.45) is 2.14. The number of nitrogens with one attached hydrogen (secondary N) is 1. The van der Waals surface area contributed by atoms with Crippen molar-refractivity contribution in [3.8, 4) is 0 Å². The van der Waals surface area contributed by atoms with Crippen LogP contribution in [0, 0.1) is 5.92 Å². The first-order valence-electron chi connectivity index (χ1n) is 6.94. The Labute approximate surface area is 127 Å². The van der Waals surface area contributed by atoms with E-state index in [4.69, 9.17) is 0 Å². The van der Waals surface area contributed by atoms with Crippen molar-refractivity contribution >= 4 is 32.7 Å². The molecule has 0 aliphatic heterocycles. The monoisotopic (exact) mass is 334 g/mol. The van der Waals surface area contributed by atoms with Crippen LogP contribution in [0.15, 0.2) is 36.4 Å². The Balaban J connectivity index is 2.03. The van der Waals surface area contributed by atoms with Crippen LogP contribution in [0.25, 0.3) is 10.9 Å². The van der Waals surface area contributed by atoms with Crippen molar-refractivity contribution in [1.82, 2.24) is 10.3 Å². The van der Waals surface area contributed by atoms with Crippen LogP contribution in [0.2, 0.25) is 0 Å². The van der Waals surface area contributed by atoms with Crippen molar-refractivity contribution in [3.63, 3.8) is 0 Å². The van der Waals surface area contributed by atoms with Crippen LogP contribution < -0.4 is 5.32 Å². The fraction of sp³-hybridized carbons (Fsp3) is 0.375. The Hall–Kier alpha value is -1.42. The molecule has 0 aliphatic rings. The molecule has 20 heavy (non-hydrogen) atoms. The van der Waals surface area contributed by atoms with Crippen molar-refractivity contribution in [3.05, 3.63) is 42.1 Å². The van der Waals surface area contributed by atoms with E-state index in [9.17, 15) is 4.79 Å². The number of pyridine rings is 1. The molecule has 0 bridgehead atoms. The minimum absolute atomic E-state index is 0.0937. The Bertz CT molecular complexity index is 585. The molecule has 106 valence electrons. The lowest BCUT2D eigenvalue weighted by Crippen LogP contribution is -2.29. The lowest BCUT2D eigenvalue weighted by molar-refractivity contribution is 0.0942. The number of amides is 1. The molecule has 0 aliphatic carbocycles. The summed E-state index contributed by atoms with van der Waals surface area (Å²) in [5.41, 5.74) is 1.34. The third kappa shape index (κ3) is 3.79. The Morgan fingerprint density at radius 3 is 2.85 bits per heavy atom. The van der Waals surface area contributed by atoms with Crippen LogP contribution in [-0.4, -0.2) is 22.8 Å². The smallest absolute Gasteiger partial charge is 0.269 e. The summed E-state index contributed by atoms with van der Waals surface area (Å²) in [5.74, 6) is 0.419. The Morgan fingerprint density at radius 2 is 2.10 bits per heavy atom. The third-order valence-electron chi connectivity index (χ3n) is 3.48. The zero-order valence-corrected chi connectivity index (χ0v) is 13.2. The van der Waals surface area contributed by atoms with Gasteiger partial charge in [-0.3, -0.25) is 4.79 Å². The first-order valence-corrected chi connectivity index (χ1v) is 8.06. The molecular weight excluding hydrogens is 316 g/mol. The van der Waals surface area contributed by atoms with E-state index in [1.165, 1.54) is 0 Å². The number of halogens is 1. The van der Waals surface area contributed by atoms with Crippen molar-refractivity contribution in [2.75, 3.05) is 11.9 Å². The number of hydrogen-bond acceptors (Lipinski definition) is 2. The quantitative estimate of drug-likeness (QED) is 0.817. The number of aromatic nitrogens is 1. The fourth-order valence-corrected chi connectivity index (χ4v) is 2.77. The van der Waals surface area contributed by atoms with Gasteiger partial charge in [-0.15, -0.1) is 0 Å². The van der Waals surface area contributed by atoms with Crippen molar-refractivity contribution < 1.29 is 4.79 Å². The second-order valence-corrected chi connectivity index (χ2v) is 5.64. The van der Waals surface area contributed by atoms with Crippen LogP contribution >= 0.6 is 15.9 Å². The summed E-state index contributed by atoms with van der Waals surface area (Å²) in [5, 5.41) is 5.00. The lowest BCUT2D eigenvalue weighted by atomic mass is 10.0. The summed E-state index contributed by atoms with van der Waals surface area (Å²) >= 11 is 3.44. The molecule has 1 unspecified atom stereocenters. The van der Waals surface area contributed by atoms with Crippen molar-refractivity contribution in [2.45, 2.75) is 19.8 Å². The van der Waals surface area contributed by atoms with Gasteiger partial charge in [-0.05, 0) is 24.5 Å². The largest absolute Gasteiger partial charge is 0.350 e. The van der Waals surface area contributed by atoms with Crippen LogP contribution in [0.3, 0.4) is 0 Å². The molecule has 0 spiro atoms. The van der Waals surface area contributed by atoms with Crippen LogP contribution in [0.1, 0.15) is 30.3 Å². The van der Waals surface area contributed by atoms with E-state index in [-0.39, 0.29) is 5.91 Å². The molecule has 0 radical (unpaired) electrons. The molecule has 2 rings (SSSR count). The van der Waals surface area contributed by atoms with E-state index in [0.29, 0.717) is 18.2 Å². The SMILES string of the molecule is CCC(CCBr)CNC(=O)c1ccc2ccccc2n1. The van der Waals surface area contributed by atoms with Gasteiger partial charge in [0, 0.05) is 17.3 Å². The van der Waals surface area contributed by atoms with Gasteiger partial charge in [0.1, 0.15) is 5.69 Å². The van der Waals surface area contributed by atoms with Crippen LogP contribution in [0.4, 0.5) is 0 Å². The number of fused-ring (bicyclic) bond motifs is 1. The van der Waals surface area contributed by atoms with Crippen molar-refractivity contribution in [1.29, 1.82) is 0 Å². The highest BCUT2D eigenvalue weighted by molar-refractivity contribution is 9.09. The van der Waals surface area contributed by atoms with Gasteiger partial charge in [-0.2, -0.15) is 0 Å². The summed E-state index contributed by atoms with van der Waals surface area (Å²) < 4.78 is 0. The number of carbonyl (C=O) groups excluding carboxylic acids is 1. The van der Waals surface area contributed by atoms with E-state index in [1.807, 2.05) is 30.3 Å². The average Bonchev–Trinajstić information content (AvgIpc) is 2.50. The molecule has 3 nitrogen and oxygen atoms in total. The topological polar surface area (TPSA) is 42.0 Å². The highest BCUT2D eigenvalue weighted by Crippen LogP contribution is 2.12. The maximum atomic E-state index is 12.1. The molecular formula is C16H19BrN2O. The molecule has 1 aromatic carbocycles. The summed E-state index contributed by atoms with van der Waals surface area (Å²) in [7, 11) is 0. The molecule has 1 aromatic heterocycles. The second-order valence-electron chi connectivity index (χ2n) is 4.85. The van der Waals surface area contributed by atoms with E-state index >= 15 is 0 Å². The normalized spacial score (nSPS) is 12.3. The molecule has 0 saturated carbocycles. The van der Waals surface area contributed by atoms with Gasteiger partial charge in [0.15, 0.2) is 0 Å². The predicted octanol–water partition coefficient (Wildman–Crippen LogP) is 3.78. The van der Waals surface area contributed by atoms with Gasteiger partial charge in [0.25, 0.3) is 5.91 Å². The maximum Gasteiger partial charge on any atom is 0.269 e. The van der Waals surface area contributed by atoms with E-state index in [0.717, 1.165) is 29.1 Å². The first-order chi connectivity index (χ1) is 9.74. The van der Waals surface area contributed by atoms with Crippen molar-refractivity contribution in [2.24, 2.45) is 5.92 Å². The Morgan fingerprint density at radius 1 is 1.30 bits per heavy atom. The van der Waals surface area contributed by atoms with Gasteiger partial charge in [-0.1, -0.05) is 53.5 Å². The van der Waals surface area contributed by atoms with Gasteiger partial charge < -0.3 is 5.32 Å². The number of rotatable bonds is 6.